The summed E-state index contributed by atoms with van der Waals surface area (Å²) in [4.78, 5) is 4.46. The summed E-state index contributed by atoms with van der Waals surface area (Å²) >= 11 is 6.05. The van der Waals surface area contributed by atoms with Crippen LogP contribution in [0.1, 0.15) is 11.5 Å². The van der Waals surface area contributed by atoms with Gasteiger partial charge in [0.05, 0.1) is 17.0 Å². The lowest BCUT2D eigenvalue weighted by Crippen LogP contribution is -1.84. The first-order valence-electron chi connectivity index (χ1n) is 4.97. The van der Waals surface area contributed by atoms with E-state index in [1.54, 1.807) is 6.26 Å². The molecular weight excluding hydrogens is 224 g/mol. The molecule has 16 heavy (non-hydrogen) atoms. The summed E-state index contributed by atoms with van der Waals surface area (Å²) in [5.74, 6) is 0.902. The molecule has 0 amide bonds. The van der Waals surface area contributed by atoms with Gasteiger partial charge in [0.1, 0.15) is 5.76 Å². The molecule has 4 heteroatoms. The molecule has 0 fully saturated rings. The number of hydrogen-bond acceptors (Lipinski definition) is 2. The summed E-state index contributed by atoms with van der Waals surface area (Å²) in [5.41, 5.74) is 1.73. The molecule has 0 aromatic carbocycles. The summed E-state index contributed by atoms with van der Waals surface area (Å²) in [6.07, 6.45) is 6.24. The van der Waals surface area contributed by atoms with Gasteiger partial charge in [0.15, 0.2) is 5.65 Å². The molecule has 0 bridgehead atoms. The van der Waals surface area contributed by atoms with E-state index in [1.807, 2.05) is 41.1 Å². The van der Waals surface area contributed by atoms with Gasteiger partial charge in [-0.25, -0.2) is 4.98 Å². The Balaban J connectivity index is 2.02. The number of furan rings is 1. The smallest absolute Gasteiger partial charge is 0.155 e. The van der Waals surface area contributed by atoms with E-state index in [0.717, 1.165) is 17.1 Å². The van der Waals surface area contributed by atoms with Crippen LogP contribution in [-0.2, 0) is 6.42 Å². The number of hydrogen-bond donors (Lipinski definition) is 0. The van der Waals surface area contributed by atoms with Gasteiger partial charge in [-0.15, -0.1) is 0 Å². The summed E-state index contributed by atoms with van der Waals surface area (Å²) in [7, 11) is 0. The lowest BCUT2D eigenvalue weighted by molar-refractivity contribution is 0.519. The largest absolute Gasteiger partial charge is 0.469 e. The van der Waals surface area contributed by atoms with Crippen LogP contribution in [0.2, 0.25) is 5.02 Å². The lowest BCUT2D eigenvalue weighted by Gasteiger charge is -1.92. The van der Waals surface area contributed by atoms with Gasteiger partial charge >= 0.3 is 0 Å². The van der Waals surface area contributed by atoms with Gasteiger partial charge in [0.25, 0.3) is 0 Å². The molecule has 0 saturated carbocycles. The number of pyridine rings is 1. The molecule has 0 aliphatic heterocycles. The van der Waals surface area contributed by atoms with E-state index in [9.17, 15) is 0 Å². The second kappa shape index (κ2) is 3.68. The summed E-state index contributed by atoms with van der Waals surface area (Å²) in [6, 6.07) is 7.54. The van der Waals surface area contributed by atoms with Crippen LogP contribution in [-0.4, -0.2) is 9.38 Å². The van der Waals surface area contributed by atoms with Crippen molar-refractivity contribution >= 4 is 17.2 Å². The Morgan fingerprint density at radius 1 is 1.31 bits per heavy atom. The third kappa shape index (κ3) is 1.59. The second-order valence-corrected chi connectivity index (χ2v) is 3.98. The van der Waals surface area contributed by atoms with E-state index in [4.69, 9.17) is 16.0 Å². The van der Waals surface area contributed by atoms with Crippen LogP contribution in [0.25, 0.3) is 5.65 Å². The minimum absolute atomic E-state index is 0.660. The van der Waals surface area contributed by atoms with E-state index in [1.165, 1.54) is 0 Å². The zero-order chi connectivity index (χ0) is 11.0. The van der Waals surface area contributed by atoms with E-state index in [2.05, 4.69) is 4.98 Å². The Bertz CT molecular complexity index is 613. The monoisotopic (exact) mass is 232 g/mol. The van der Waals surface area contributed by atoms with E-state index in [-0.39, 0.29) is 0 Å². The summed E-state index contributed by atoms with van der Waals surface area (Å²) in [5, 5.41) is 0.660. The van der Waals surface area contributed by atoms with Crippen molar-refractivity contribution in [3.8, 4) is 0 Å². The maximum Gasteiger partial charge on any atom is 0.155 e. The molecule has 0 unspecified atom stereocenters. The molecule has 0 saturated heterocycles. The fourth-order valence-corrected chi connectivity index (χ4v) is 1.92. The fraction of sp³-hybridized carbons (Fsp3) is 0.0833. The molecule has 3 rings (SSSR count). The Morgan fingerprint density at radius 2 is 2.25 bits per heavy atom. The highest BCUT2D eigenvalue weighted by molar-refractivity contribution is 6.33. The molecule has 3 nitrogen and oxygen atoms in total. The molecule has 3 heterocycles. The first-order valence-corrected chi connectivity index (χ1v) is 5.35. The molecule has 0 aliphatic rings. The van der Waals surface area contributed by atoms with Crippen LogP contribution in [0.4, 0.5) is 0 Å². The number of halogens is 1. The number of fused-ring (bicyclic) bond motifs is 1. The first kappa shape index (κ1) is 9.48. The van der Waals surface area contributed by atoms with Crippen molar-refractivity contribution in [2.24, 2.45) is 0 Å². The third-order valence-electron chi connectivity index (χ3n) is 2.42. The van der Waals surface area contributed by atoms with Gasteiger partial charge in [-0.2, -0.15) is 0 Å². The zero-order valence-electron chi connectivity index (χ0n) is 8.43. The zero-order valence-corrected chi connectivity index (χ0v) is 9.19. The molecule has 0 aliphatic carbocycles. The van der Waals surface area contributed by atoms with Crippen molar-refractivity contribution < 1.29 is 4.42 Å². The normalized spacial score (nSPS) is 11.1. The maximum atomic E-state index is 6.05. The third-order valence-corrected chi connectivity index (χ3v) is 2.72. The van der Waals surface area contributed by atoms with Crippen LogP contribution in [0.3, 0.4) is 0 Å². The van der Waals surface area contributed by atoms with Crippen molar-refractivity contribution in [2.45, 2.75) is 6.42 Å². The van der Waals surface area contributed by atoms with Crippen molar-refractivity contribution in [1.29, 1.82) is 0 Å². The van der Waals surface area contributed by atoms with Crippen LogP contribution < -0.4 is 0 Å². The van der Waals surface area contributed by atoms with Crippen molar-refractivity contribution in [3.05, 3.63) is 59.4 Å². The van der Waals surface area contributed by atoms with Crippen molar-refractivity contribution in [2.75, 3.05) is 0 Å². The average molecular weight is 233 g/mol. The molecular formula is C12H9ClN2O. The van der Waals surface area contributed by atoms with E-state index in [0.29, 0.717) is 11.4 Å². The standard InChI is InChI=1S/C12H9ClN2O/c13-11-4-1-5-15-8-9(14-12(11)15)7-10-3-2-6-16-10/h1-6,8H,7H2. The number of imidazole rings is 1. The highest BCUT2D eigenvalue weighted by Gasteiger charge is 2.06. The van der Waals surface area contributed by atoms with Crippen LogP contribution >= 0.6 is 11.6 Å². The second-order valence-electron chi connectivity index (χ2n) is 3.58. The maximum absolute atomic E-state index is 6.05. The highest BCUT2D eigenvalue weighted by Crippen LogP contribution is 2.17. The Morgan fingerprint density at radius 3 is 3.00 bits per heavy atom. The Kier molecular flexibility index (Phi) is 2.18. The van der Waals surface area contributed by atoms with Gasteiger partial charge in [-0.3, -0.25) is 0 Å². The van der Waals surface area contributed by atoms with E-state index >= 15 is 0 Å². The van der Waals surface area contributed by atoms with Crippen LogP contribution in [0.5, 0.6) is 0 Å². The average Bonchev–Trinajstić information content (AvgIpc) is 2.88. The van der Waals surface area contributed by atoms with Gasteiger partial charge in [0.2, 0.25) is 0 Å². The number of nitrogens with zero attached hydrogens (tertiary/aromatic N) is 2. The lowest BCUT2D eigenvalue weighted by atomic mass is 10.3. The van der Waals surface area contributed by atoms with Gasteiger partial charge in [-0.05, 0) is 24.3 Å². The van der Waals surface area contributed by atoms with E-state index < -0.39 is 0 Å². The number of aromatic nitrogens is 2. The quantitative estimate of drug-likeness (QED) is 0.679. The summed E-state index contributed by atoms with van der Waals surface area (Å²) in [6.45, 7) is 0. The van der Waals surface area contributed by atoms with Crippen LogP contribution in [0, 0.1) is 0 Å². The van der Waals surface area contributed by atoms with Crippen LogP contribution in [0.15, 0.2) is 47.3 Å². The molecule has 0 atom stereocenters. The minimum atomic E-state index is 0.660. The first-order chi connectivity index (χ1) is 7.83. The SMILES string of the molecule is Clc1cccn2cc(Cc3ccco3)nc12. The molecule has 0 spiro atoms. The van der Waals surface area contributed by atoms with Gasteiger partial charge in [0, 0.05) is 18.8 Å². The fourth-order valence-electron chi connectivity index (χ4n) is 1.71. The predicted molar refractivity (Wildman–Crippen MR) is 61.7 cm³/mol. The molecule has 0 radical (unpaired) electrons. The number of rotatable bonds is 2. The van der Waals surface area contributed by atoms with Crippen molar-refractivity contribution in [1.82, 2.24) is 9.38 Å². The van der Waals surface area contributed by atoms with Gasteiger partial charge in [-0.1, -0.05) is 11.6 Å². The van der Waals surface area contributed by atoms with Gasteiger partial charge < -0.3 is 8.82 Å². The molecule has 0 N–H and O–H groups in total. The predicted octanol–water partition coefficient (Wildman–Crippen LogP) is 3.17. The molecule has 3 aromatic rings. The topological polar surface area (TPSA) is 30.4 Å². The molecule has 3 aromatic heterocycles. The summed E-state index contributed by atoms with van der Waals surface area (Å²) < 4.78 is 7.20. The highest BCUT2D eigenvalue weighted by atomic mass is 35.5. The Hall–Kier alpha value is -1.74. The Labute approximate surface area is 97.3 Å². The van der Waals surface area contributed by atoms with Crippen molar-refractivity contribution in [3.63, 3.8) is 0 Å². The molecule has 80 valence electrons. The minimum Gasteiger partial charge on any atom is -0.469 e.